The van der Waals surface area contributed by atoms with Crippen LogP contribution >= 0.6 is 0 Å². The highest BCUT2D eigenvalue weighted by Gasteiger charge is 2.25. The van der Waals surface area contributed by atoms with Gasteiger partial charge in [0.05, 0.1) is 34.7 Å². The third-order valence-corrected chi connectivity index (χ3v) is 5.18. The third-order valence-electron chi connectivity index (χ3n) is 4.06. The van der Waals surface area contributed by atoms with E-state index in [9.17, 15) is 28.1 Å². The van der Waals surface area contributed by atoms with Crippen LogP contribution in [0.3, 0.4) is 0 Å². The number of anilines is 2. The van der Waals surface area contributed by atoms with E-state index in [1.807, 2.05) is 0 Å². The Morgan fingerprint density at radius 2 is 1.87 bits per heavy atom. The summed E-state index contributed by atoms with van der Waals surface area (Å²) in [4.78, 5) is 35.1. The van der Waals surface area contributed by atoms with Crippen molar-refractivity contribution in [2.75, 3.05) is 29.0 Å². The van der Waals surface area contributed by atoms with Crippen LogP contribution < -0.4 is 9.62 Å². The minimum atomic E-state index is -3.95. The number of para-hydroxylation sites is 1. The number of esters is 1. The number of nitrogens with one attached hydrogen (secondary N) is 1. The van der Waals surface area contributed by atoms with E-state index in [0.717, 1.165) is 16.6 Å². The van der Waals surface area contributed by atoms with Crippen LogP contribution in [0.4, 0.5) is 17.1 Å². The van der Waals surface area contributed by atoms with Crippen molar-refractivity contribution in [1.29, 1.82) is 0 Å². The van der Waals surface area contributed by atoms with Crippen molar-refractivity contribution >= 4 is 39.0 Å². The molecule has 0 aliphatic rings. The van der Waals surface area contributed by atoms with Gasteiger partial charge in [-0.25, -0.2) is 13.2 Å². The monoisotopic (exact) mass is 435 g/mol. The van der Waals surface area contributed by atoms with Gasteiger partial charge < -0.3 is 10.1 Å². The van der Waals surface area contributed by atoms with Crippen LogP contribution in [0.5, 0.6) is 0 Å². The summed E-state index contributed by atoms with van der Waals surface area (Å²) in [7, 11) is -3.95. The molecule has 0 bridgehead atoms. The number of aryl methyl sites for hydroxylation is 1. The molecule has 11 heteroatoms. The van der Waals surface area contributed by atoms with Crippen molar-refractivity contribution in [1.82, 2.24) is 0 Å². The lowest BCUT2D eigenvalue weighted by molar-refractivity contribution is -0.384. The lowest BCUT2D eigenvalue weighted by Gasteiger charge is -2.23. The number of carbonyl (C=O) groups is 2. The number of sulfonamides is 1. The summed E-state index contributed by atoms with van der Waals surface area (Å²) in [6.07, 6.45) is 0.894. The number of ether oxygens (including phenoxy) is 1. The van der Waals surface area contributed by atoms with Crippen molar-refractivity contribution in [3.8, 4) is 0 Å². The molecule has 2 rings (SSSR count). The van der Waals surface area contributed by atoms with Crippen molar-refractivity contribution in [2.45, 2.75) is 13.8 Å². The zero-order chi connectivity index (χ0) is 22.5. The molecular weight excluding hydrogens is 414 g/mol. The molecule has 0 saturated carbocycles. The summed E-state index contributed by atoms with van der Waals surface area (Å²) in [5, 5.41) is 13.6. The van der Waals surface area contributed by atoms with Crippen LogP contribution in [-0.4, -0.2) is 44.6 Å². The van der Waals surface area contributed by atoms with Gasteiger partial charge in [0.1, 0.15) is 6.54 Å². The van der Waals surface area contributed by atoms with Gasteiger partial charge in [-0.3, -0.25) is 19.2 Å². The number of nitro groups is 1. The van der Waals surface area contributed by atoms with Gasteiger partial charge in [0.25, 0.3) is 5.69 Å². The van der Waals surface area contributed by atoms with Crippen LogP contribution in [0.1, 0.15) is 22.8 Å². The topological polar surface area (TPSA) is 136 Å². The Morgan fingerprint density at radius 3 is 2.47 bits per heavy atom. The molecule has 1 N–H and O–H groups in total. The number of hydrogen-bond acceptors (Lipinski definition) is 7. The Labute approximate surface area is 173 Å². The molecular formula is C19H21N3O7S. The number of rotatable bonds is 8. The SMILES string of the molecule is CCOC(=O)c1ccccc1NC(=O)CN(c1cc([N+](=O)[O-])ccc1C)S(C)(=O)=O. The van der Waals surface area contributed by atoms with Crippen LogP contribution in [0.25, 0.3) is 0 Å². The highest BCUT2D eigenvalue weighted by atomic mass is 32.2. The van der Waals surface area contributed by atoms with Gasteiger partial charge in [-0.1, -0.05) is 18.2 Å². The highest BCUT2D eigenvalue weighted by molar-refractivity contribution is 7.92. The molecule has 0 aliphatic heterocycles. The van der Waals surface area contributed by atoms with Crippen molar-refractivity contribution in [3.05, 3.63) is 63.7 Å². The smallest absolute Gasteiger partial charge is 0.340 e. The molecule has 0 heterocycles. The van der Waals surface area contributed by atoms with Crippen LogP contribution in [0.15, 0.2) is 42.5 Å². The van der Waals surface area contributed by atoms with Crippen molar-refractivity contribution in [2.24, 2.45) is 0 Å². The van der Waals surface area contributed by atoms with Crippen LogP contribution in [0, 0.1) is 17.0 Å². The van der Waals surface area contributed by atoms with Gasteiger partial charge >= 0.3 is 5.97 Å². The minimum absolute atomic E-state index is 0.0144. The van der Waals surface area contributed by atoms with Gasteiger partial charge in [-0.05, 0) is 31.5 Å². The first-order chi connectivity index (χ1) is 14.0. The van der Waals surface area contributed by atoms with E-state index in [4.69, 9.17) is 4.74 Å². The van der Waals surface area contributed by atoms with E-state index in [1.165, 1.54) is 24.3 Å². The van der Waals surface area contributed by atoms with Crippen molar-refractivity contribution < 1.29 is 27.7 Å². The number of hydrogen-bond donors (Lipinski definition) is 1. The number of non-ortho nitro benzene ring substituents is 1. The minimum Gasteiger partial charge on any atom is -0.462 e. The number of benzene rings is 2. The summed E-state index contributed by atoms with van der Waals surface area (Å²) in [6, 6.07) is 9.87. The van der Waals surface area contributed by atoms with E-state index >= 15 is 0 Å². The Bertz CT molecular complexity index is 1080. The molecule has 0 spiro atoms. The summed E-state index contributed by atoms with van der Waals surface area (Å²) < 4.78 is 30.4. The quantitative estimate of drug-likeness (QED) is 0.382. The maximum absolute atomic E-state index is 12.6. The predicted molar refractivity (Wildman–Crippen MR) is 111 cm³/mol. The summed E-state index contributed by atoms with van der Waals surface area (Å²) in [6.45, 7) is 2.72. The van der Waals surface area contributed by atoms with Gasteiger partial charge in [0.2, 0.25) is 15.9 Å². The number of carbonyl (C=O) groups excluding carboxylic acids is 2. The standard InChI is InChI=1S/C19H21N3O7S/c1-4-29-19(24)15-7-5-6-8-16(15)20-18(23)12-21(30(3,27)28)17-11-14(22(25)26)10-9-13(17)2/h5-11H,4,12H2,1-3H3,(H,20,23). The van der Waals surface area contributed by atoms with Crippen LogP contribution in [-0.2, 0) is 19.6 Å². The Morgan fingerprint density at radius 1 is 1.20 bits per heavy atom. The van der Waals surface area contributed by atoms with E-state index in [0.29, 0.717) is 5.56 Å². The van der Waals surface area contributed by atoms with Crippen LogP contribution in [0.2, 0.25) is 0 Å². The average molecular weight is 435 g/mol. The van der Waals surface area contributed by atoms with E-state index in [-0.39, 0.29) is 29.2 Å². The largest absolute Gasteiger partial charge is 0.462 e. The number of nitro benzene ring substituents is 1. The Hall–Kier alpha value is -3.47. The lowest BCUT2D eigenvalue weighted by Crippen LogP contribution is -2.38. The molecule has 1 amide bonds. The molecule has 0 radical (unpaired) electrons. The van der Waals surface area contributed by atoms with E-state index in [1.54, 1.807) is 26.0 Å². The maximum atomic E-state index is 12.6. The molecule has 0 unspecified atom stereocenters. The highest BCUT2D eigenvalue weighted by Crippen LogP contribution is 2.27. The molecule has 2 aromatic carbocycles. The number of nitrogens with zero attached hydrogens (tertiary/aromatic N) is 2. The van der Waals surface area contributed by atoms with Gasteiger partial charge in [0, 0.05) is 12.1 Å². The van der Waals surface area contributed by atoms with Crippen molar-refractivity contribution in [3.63, 3.8) is 0 Å². The summed E-state index contributed by atoms with van der Waals surface area (Å²) in [5.74, 6) is -1.37. The predicted octanol–water partition coefficient (Wildman–Crippen LogP) is 2.48. The second-order valence-electron chi connectivity index (χ2n) is 6.31. The first-order valence-corrected chi connectivity index (χ1v) is 10.7. The van der Waals surface area contributed by atoms with E-state index < -0.39 is 33.4 Å². The molecule has 0 aliphatic carbocycles. The number of amides is 1. The second kappa shape index (κ2) is 9.35. The molecule has 0 fully saturated rings. The summed E-state index contributed by atoms with van der Waals surface area (Å²) in [5.41, 5.74) is 0.416. The Balaban J connectivity index is 2.35. The maximum Gasteiger partial charge on any atom is 0.340 e. The summed E-state index contributed by atoms with van der Waals surface area (Å²) >= 11 is 0. The normalized spacial score (nSPS) is 10.9. The van der Waals surface area contributed by atoms with Gasteiger partial charge in [0.15, 0.2) is 0 Å². The van der Waals surface area contributed by atoms with Gasteiger partial charge in [-0.15, -0.1) is 0 Å². The average Bonchev–Trinajstić information content (AvgIpc) is 2.66. The third kappa shape index (κ3) is 5.54. The molecule has 0 atom stereocenters. The second-order valence-corrected chi connectivity index (χ2v) is 8.22. The van der Waals surface area contributed by atoms with E-state index in [2.05, 4.69) is 5.32 Å². The molecule has 30 heavy (non-hydrogen) atoms. The Kier molecular flexibility index (Phi) is 7.11. The van der Waals surface area contributed by atoms with Gasteiger partial charge in [-0.2, -0.15) is 0 Å². The fraction of sp³-hybridized carbons (Fsp3) is 0.263. The molecule has 10 nitrogen and oxygen atoms in total. The molecule has 160 valence electrons. The first kappa shape index (κ1) is 22.8. The molecule has 0 saturated heterocycles. The first-order valence-electron chi connectivity index (χ1n) is 8.83. The zero-order valence-electron chi connectivity index (χ0n) is 16.6. The fourth-order valence-electron chi connectivity index (χ4n) is 2.66. The fourth-order valence-corrected chi connectivity index (χ4v) is 3.57. The lowest BCUT2D eigenvalue weighted by atomic mass is 10.1. The molecule has 0 aromatic heterocycles. The molecule has 2 aromatic rings. The zero-order valence-corrected chi connectivity index (χ0v) is 17.4.